The molecule has 1 amide bonds. The van der Waals surface area contributed by atoms with E-state index in [1.54, 1.807) is 43.5 Å². The Morgan fingerprint density at radius 3 is 2.35 bits per heavy atom. The van der Waals surface area contributed by atoms with Crippen molar-refractivity contribution < 1.29 is 14.7 Å². The number of carboxylic acid groups (broad SMARTS) is 1. The quantitative estimate of drug-likeness (QED) is 0.733. The van der Waals surface area contributed by atoms with Crippen LogP contribution in [0.25, 0.3) is 6.08 Å². The summed E-state index contributed by atoms with van der Waals surface area (Å²) in [4.78, 5) is 29.7. The predicted octanol–water partition coefficient (Wildman–Crippen LogP) is 4.93. The highest BCUT2D eigenvalue weighted by Crippen LogP contribution is 2.36. The van der Waals surface area contributed by atoms with E-state index in [2.05, 4.69) is 4.99 Å². The van der Waals surface area contributed by atoms with Gasteiger partial charge in [-0.15, -0.1) is 0 Å². The minimum atomic E-state index is -1.01. The monoisotopic (exact) mass is 406 g/mol. The minimum Gasteiger partial charge on any atom is -0.478 e. The molecule has 3 rings (SSSR count). The van der Waals surface area contributed by atoms with Crippen LogP contribution in [0.1, 0.15) is 15.9 Å². The molecular formula is C18H12Cl2N2O3S. The third-order valence-corrected chi connectivity index (χ3v) is 5.34. The zero-order valence-corrected chi connectivity index (χ0v) is 15.8. The molecule has 0 saturated carbocycles. The van der Waals surface area contributed by atoms with E-state index >= 15 is 0 Å². The first-order chi connectivity index (χ1) is 12.4. The number of aliphatic imine (C=N–C) groups is 1. The number of benzene rings is 2. The van der Waals surface area contributed by atoms with Crippen LogP contribution in [0.2, 0.25) is 10.0 Å². The zero-order valence-electron chi connectivity index (χ0n) is 13.4. The number of amides is 1. The highest BCUT2D eigenvalue weighted by Gasteiger charge is 2.30. The SMILES string of the molecule is CN1C(=O)/C(=C/c2c(Cl)cccc2Cl)SC1=Nc1ccc(C(=O)O)cc1. The first-order valence-electron chi connectivity index (χ1n) is 7.40. The molecule has 0 spiro atoms. The molecule has 0 radical (unpaired) electrons. The van der Waals surface area contributed by atoms with Crippen LogP contribution in [-0.4, -0.2) is 34.1 Å². The molecule has 2 aromatic carbocycles. The number of nitrogens with zero attached hydrogens (tertiary/aromatic N) is 2. The van der Waals surface area contributed by atoms with Crippen LogP contribution in [-0.2, 0) is 4.79 Å². The summed E-state index contributed by atoms with van der Waals surface area (Å²) in [6.45, 7) is 0. The maximum Gasteiger partial charge on any atom is 0.335 e. The number of likely N-dealkylation sites (N-methyl/N-ethyl adjacent to an activating group) is 1. The number of carbonyl (C=O) groups excluding carboxylic acids is 1. The summed E-state index contributed by atoms with van der Waals surface area (Å²) < 4.78 is 0. The van der Waals surface area contributed by atoms with Gasteiger partial charge >= 0.3 is 5.97 Å². The number of carbonyl (C=O) groups is 2. The van der Waals surface area contributed by atoms with Crippen molar-refractivity contribution >= 4 is 63.8 Å². The molecule has 0 atom stereocenters. The third-order valence-electron chi connectivity index (χ3n) is 3.62. The fourth-order valence-corrected chi connectivity index (χ4v) is 3.70. The Morgan fingerprint density at radius 1 is 1.15 bits per heavy atom. The van der Waals surface area contributed by atoms with Gasteiger partial charge in [0.15, 0.2) is 5.17 Å². The molecule has 0 aromatic heterocycles. The molecule has 1 saturated heterocycles. The molecule has 5 nitrogen and oxygen atoms in total. The lowest BCUT2D eigenvalue weighted by molar-refractivity contribution is -0.121. The van der Waals surface area contributed by atoms with Crippen molar-refractivity contribution in [2.75, 3.05) is 7.05 Å². The maximum atomic E-state index is 12.5. The Bertz CT molecular complexity index is 935. The van der Waals surface area contributed by atoms with E-state index in [1.165, 1.54) is 28.8 Å². The van der Waals surface area contributed by atoms with Crippen molar-refractivity contribution in [2.45, 2.75) is 0 Å². The molecule has 1 N–H and O–H groups in total. The number of aromatic carboxylic acids is 1. The summed E-state index contributed by atoms with van der Waals surface area (Å²) in [5, 5.41) is 10.3. The van der Waals surface area contributed by atoms with Crippen molar-refractivity contribution in [3.05, 3.63) is 68.5 Å². The van der Waals surface area contributed by atoms with Crippen molar-refractivity contribution in [3.63, 3.8) is 0 Å². The molecule has 2 aromatic rings. The lowest BCUT2D eigenvalue weighted by Crippen LogP contribution is -2.23. The molecule has 1 aliphatic rings. The molecule has 26 heavy (non-hydrogen) atoms. The largest absolute Gasteiger partial charge is 0.478 e. The van der Waals surface area contributed by atoms with Crippen molar-refractivity contribution in [1.82, 2.24) is 4.90 Å². The molecule has 1 aliphatic heterocycles. The van der Waals surface area contributed by atoms with Crippen LogP contribution in [0, 0.1) is 0 Å². The third kappa shape index (κ3) is 3.77. The van der Waals surface area contributed by atoms with Gasteiger partial charge < -0.3 is 5.11 Å². The molecule has 8 heteroatoms. The van der Waals surface area contributed by atoms with Gasteiger partial charge in [-0.1, -0.05) is 29.3 Å². The minimum absolute atomic E-state index is 0.173. The zero-order chi connectivity index (χ0) is 18.8. The summed E-state index contributed by atoms with van der Waals surface area (Å²) in [5.74, 6) is -1.22. The van der Waals surface area contributed by atoms with Gasteiger partial charge in [-0.05, 0) is 54.2 Å². The van der Waals surface area contributed by atoms with Gasteiger partial charge in [0.2, 0.25) is 0 Å². The average Bonchev–Trinajstić information content (AvgIpc) is 2.87. The number of rotatable bonds is 3. The second-order valence-electron chi connectivity index (χ2n) is 5.36. The molecule has 0 aliphatic carbocycles. The molecule has 0 unspecified atom stereocenters. The topological polar surface area (TPSA) is 70.0 Å². The molecular weight excluding hydrogens is 395 g/mol. The first kappa shape index (κ1) is 18.5. The van der Waals surface area contributed by atoms with E-state index < -0.39 is 5.97 Å². The summed E-state index contributed by atoms with van der Waals surface area (Å²) in [7, 11) is 1.62. The van der Waals surface area contributed by atoms with E-state index in [-0.39, 0.29) is 11.5 Å². The normalized spacial score (nSPS) is 17.3. The average molecular weight is 407 g/mol. The Hall–Kier alpha value is -2.28. The van der Waals surface area contributed by atoms with Gasteiger partial charge in [0.05, 0.1) is 16.2 Å². The van der Waals surface area contributed by atoms with Gasteiger partial charge in [-0.25, -0.2) is 9.79 Å². The molecule has 1 fully saturated rings. The lowest BCUT2D eigenvalue weighted by atomic mass is 10.2. The van der Waals surface area contributed by atoms with Crippen LogP contribution < -0.4 is 0 Å². The maximum absolute atomic E-state index is 12.5. The van der Waals surface area contributed by atoms with Crippen molar-refractivity contribution in [1.29, 1.82) is 0 Å². The number of amidine groups is 1. The Kier molecular flexibility index (Phi) is 5.36. The second kappa shape index (κ2) is 7.53. The summed E-state index contributed by atoms with van der Waals surface area (Å²) in [6.07, 6.45) is 1.64. The van der Waals surface area contributed by atoms with Crippen LogP contribution in [0.3, 0.4) is 0 Å². The van der Waals surface area contributed by atoms with Gasteiger partial charge in [0.25, 0.3) is 5.91 Å². The highest BCUT2D eigenvalue weighted by atomic mass is 35.5. The van der Waals surface area contributed by atoms with E-state index in [4.69, 9.17) is 28.3 Å². The summed E-state index contributed by atoms with van der Waals surface area (Å²) >= 11 is 13.5. The van der Waals surface area contributed by atoms with Gasteiger partial charge in [0.1, 0.15) is 0 Å². The highest BCUT2D eigenvalue weighted by molar-refractivity contribution is 8.18. The van der Waals surface area contributed by atoms with E-state index in [9.17, 15) is 9.59 Å². The second-order valence-corrected chi connectivity index (χ2v) is 7.18. The molecule has 132 valence electrons. The number of hydrogen-bond donors (Lipinski definition) is 1. The fraction of sp³-hybridized carbons (Fsp3) is 0.0556. The standard InChI is InChI=1S/C18H12Cl2N2O3S/c1-22-16(23)15(9-12-13(19)3-2-4-14(12)20)26-18(22)21-11-7-5-10(6-8-11)17(24)25/h2-9H,1H3,(H,24,25)/b15-9-,21-18?. The summed E-state index contributed by atoms with van der Waals surface area (Å²) in [5.41, 5.74) is 1.30. The predicted molar refractivity (Wildman–Crippen MR) is 105 cm³/mol. The Morgan fingerprint density at radius 2 is 1.77 bits per heavy atom. The Balaban J connectivity index is 1.91. The number of carboxylic acids is 1. The van der Waals surface area contributed by atoms with Gasteiger partial charge in [0, 0.05) is 22.7 Å². The van der Waals surface area contributed by atoms with Crippen LogP contribution in [0.5, 0.6) is 0 Å². The van der Waals surface area contributed by atoms with E-state index in [0.717, 1.165) is 0 Å². The van der Waals surface area contributed by atoms with E-state index in [1.807, 2.05) is 0 Å². The molecule has 1 heterocycles. The van der Waals surface area contributed by atoms with E-state index in [0.29, 0.717) is 31.4 Å². The number of hydrogen-bond acceptors (Lipinski definition) is 4. The fourth-order valence-electron chi connectivity index (χ4n) is 2.22. The summed E-state index contributed by atoms with van der Waals surface area (Å²) in [6, 6.07) is 11.2. The van der Waals surface area contributed by atoms with Crippen LogP contribution in [0.15, 0.2) is 52.4 Å². The van der Waals surface area contributed by atoms with Gasteiger partial charge in [-0.3, -0.25) is 9.69 Å². The van der Waals surface area contributed by atoms with Gasteiger partial charge in [-0.2, -0.15) is 0 Å². The van der Waals surface area contributed by atoms with Crippen LogP contribution in [0.4, 0.5) is 5.69 Å². The lowest BCUT2D eigenvalue weighted by Gasteiger charge is -2.07. The van der Waals surface area contributed by atoms with Crippen LogP contribution >= 0.6 is 35.0 Å². The smallest absolute Gasteiger partial charge is 0.335 e. The number of thioether (sulfide) groups is 1. The van der Waals surface area contributed by atoms with Crippen molar-refractivity contribution in [3.8, 4) is 0 Å². The molecule has 0 bridgehead atoms. The van der Waals surface area contributed by atoms with Crippen molar-refractivity contribution in [2.24, 2.45) is 4.99 Å². The number of halogens is 2. The first-order valence-corrected chi connectivity index (χ1v) is 8.97. The Labute approximate surface area is 163 Å².